The van der Waals surface area contributed by atoms with Gasteiger partial charge in [0.25, 0.3) is 5.91 Å². The summed E-state index contributed by atoms with van der Waals surface area (Å²) in [6.07, 6.45) is 1.50. The second-order valence-corrected chi connectivity index (χ2v) is 5.96. The third-order valence-electron chi connectivity index (χ3n) is 3.22. The van der Waals surface area contributed by atoms with Crippen LogP contribution >= 0.6 is 23.2 Å². The predicted molar refractivity (Wildman–Crippen MR) is 94.6 cm³/mol. The number of hydrogen-bond acceptors (Lipinski definition) is 2. The molecule has 116 valence electrons. The van der Waals surface area contributed by atoms with Crippen LogP contribution in [0.4, 0.5) is 5.69 Å². The molecule has 3 nitrogen and oxygen atoms in total. The van der Waals surface area contributed by atoms with Gasteiger partial charge in [-0.2, -0.15) is 5.26 Å². The first-order valence-corrected chi connectivity index (χ1v) is 7.62. The first-order chi connectivity index (χ1) is 10.9. The van der Waals surface area contributed by atoms with Crippen LogP contribution in [0, 0.1) is 25.2 Å². The van der Waals surface area contributed by atoms with E-state index in [0.717, 1.165) is 11.1 Å². The number of halogens is 2. The van der Waals surface area contributed by atoms with Crippen LogP contribution in [0.2, 0.25) is 10.0 Å². The van der Waals surface area contributed by atoms with Crippen LogP contribution in [0.25, 0.3) is 6.08 Å². The fourth-order valence-electron chi connectivity index (χ4n) is 2.13. The van der Waals surface area contributed by atoms with Crippen LogP contribution in [0.15, 0.2) is 42.0 Å². The number of carbonyl (C=O) groups excluding carboxylic acids is 1. The Kier molecular flexibility index (Phi) is 5.44. The Balaban J connectivity index is 2.28. The van der Waals surface area contributed by atoms with Gasteiger partial charge >= 0.3 is 0 Å². The molecule has 1 N–H and O–H groups in total. The van der Waals surface area contributed by atoms with Crippen molar-refractivity contribution in [3.63, 3.8) is 0 Å². The minimum absolute atomic E-state index is 0.0108. The first kappa shape index (κ1) is 17.1. The zero-order chi connectivity index (χ0) is 17.0. The van der Waals surface area contributed by atoms with E-state index in [1.807, 2.05) is 26.0 Å². The topological polar surface area (TPSA) is 52.9 Å². The minimum Gasteiger partial charge on any atom is -0.320 e. The molecule has 0 aliphatic carbocycles. The average Bonchev–Trinajstić information content (AvgIpc) is 2.50. The molecule has 5 heteroatoms. The molecule has 23 heavy (non-hydrogen) atoms. The van der Waals surface area contributed by atoms with Crippen molar-refractivity contribution >= 4 is 40.9 Å². The van der Waals surface area contributed by atoms with Gasteiger partial charge in [0, 0.05) is 5.02 Å². The number of rotatable bonds is 3. The molecule has 0 aliphatic heterocycles. The Hall–Kier alpha value is -2.28. The Labute approximate surface area is 145 Å². The quantitative estimate of drug-likeness (QED) is 0.617. The number of nitrogens with zero attached hydrogens (tertiary/aromatic N) is 1. The molecule has 2 aromatic carbocycles. The number of carbonyl (C=O) groups is 1. The number of nitrogens with one attached hydrogen (secondary N) is 1. The highest BCUT2D eigenvalue weighted by molar-refractivity contribution is 6.34. The number of hydrogen-bond donors (Lipinski definition) is 1. The van der Waals surface area contributed by atoms with Gasteiger partial charge < -0.3 is 5.32 Å². The van der Waals surface area contributed by atoms with Crippen molar-refractivity contribution in [1.82, 2.24) is 0 Å². The Bertz CT molecular complexity index is 795. The van der Waals surface area contributed by atoms with E-state index in [1.54, 1.807) is 30.3 Å². The normalized spacial score (nSPS) is 11.0. The maximum Gasteiger partial charge on any atom is 0.266 e. The molecule has 2 rings (SSSR count). The summed E-state index contributed by atoms with van der Waals surface area (Å²) in [6, 6.07) is 12.4. The molecule has 0 bridgehead atoms. The van der Waals surface area contributed by atoms with E-state index >= 15 is 0 Å². The van der Waals surface area contributed by atoms with Gasteiger partial charge in [-0.1, -0.05) is 41.4 Å². The van der Waals surface area contributed by atoms with Crippen LogP contribution < -0.4 is 5.32 Å². The lowest BCUT2D eigenvalue weighted by Crippen LogP contribution is -2.14. The van der Waals surface area contributed by atoms with Crippen LogP contribution in [0.1, 0.15) is 16.7 Å². The molecule has 0 spiro atoms. The summed E-state index contributed by atoms with van der Waals surface area (Å²) in [5, 5.41) is 13.0. The maximum atomic E-state index is 12.3. The number of amides is 1. The van der Waals surface area contributed by atoms with Crippen LogP contribution in [0.3, 0.4) is 0 Å². The molecule has 0 unspecified atom stereocenters. The van der Waals surface area contributed by atoms with E-state index in [2.05, 4.69) is 5.32 Å². The SMILES string of the molecule is Cc1cc(C)c(NC(=O)/C(C#N)=C/c2ccc(Cl)cc2)c(Cl)c1. The molecular weight excluding hydrogens is 331 g/mol. The van der Waals surface area contributed by atoms with Gasteiger partial charge in [0.1, 0.15) is 11.6 Å². The molecule has 0 fully saturated rings. The van der Waals surface area contributed by atoms with Crippen molar-refractivity contribution in [3.8, 4) is 6.07 Å². The van der Waals surface area contributed by atoms with Gasteiger partial charge in [0.05, 0.1) is 10.7 Å². The highest BCUT2D eigenvalue weighted by Gasteiger charge is 2.13. The summed E-state index contributed by atoms with van der Waals surface area (Å²) >= 11 is 12.0. The third-order valence-corrected chi connectivity index (χ3v) is 3.77. The van der Waals surface area contributed by atoms with E-state index in [0.29, 0.717) is 21.3 Å². The Morgan fingerprint density at radius 1 is 1.17 bits per heavy atom. The summed E-state index contributed by atoms with van der Waals surface area (Å²) in [5.41, 5.74) is 3.06. The van der Waals surface area contributed by atoms with Crippen LogP contribution in [-0.2, 0) is 4.79 Å². The highest BCUT2D eigenvalue weighted by Crippen LogP contribution is 2.27. The minimum atomic E-state index is -0.503. The van der Waals surface area contributed by atoms with Gasteiger partial charge in [-0.15, -0.1) is 0 Å². The lowest BCUT2D eigenvalue weighted by Gasteiger charge is -2.11. The summed E-state index contributed by atoms with van der Waals surface area (Å²) in [7, 11) is 0. The molecule has 0 atom stereocenters. The fourth-order valence-corrected chi connectivity index (χ4v) is 2.62. The van der Waals surface area contributed by atoms with Crippen molar-refractivity contribution < 1.29 is 4.79 Å². The number of benzene rings is 2. The molecular formula is C18H14Cl2N2O. The van der Waals surface area contributed by atoms with Crippen molar-refractivity contribution in [2.24, 2.45) is 0 Å². The van der Waals surface area contributed by atoms with Gasteiger partial charge in [0.15, 0.2) is 0 Å². The summed E-state index contributed by atoms with van der Waals surface area (Å²) in [6.45, 7) is 3.77. The van der Waals surface area contributed by atoms with Crippen molar-refractivity contribution in [2.75, 3.05) is 5.32 Å². The summed E-state index contributed by atoms with van der Waals surface area (Å²) < 4.78 is 0. The third kappa shape index (κ3) is 4.35. The molecule has 0 radical (unpaired) electrons. The maximum absolute atomic E-state index is 12.3. The molecule has 0 saturated heterocycles. The number of anilines is 1. The zero-order valence-electron chi connectivity index (χ0n) is 12.7. The van der Waals surface area contributed by atoms with Crippen LogP contribution in [-0.4, -0.2) is 5.91 Å². The Morgan fingerprint density at radius 2 is 1.83 bits per heavy atom. The van der Waals surface area contributed by atoms with Gasteiger partial charge in [0.2, 0.25) is 0 Å². The van der Waals surface area contributed by atoms with Gasteiger partial charge in [-0.05, 0) is 54.8 Å². The second-order valence-electron chi connectivity index (χ2n) is 5.11. The summed E-state index contributed by atoms with van der Waals surface area (Å²) in [5.74, 6) is -0.503. The van der Waals surface area contributed by atoms with E-state index < -0.39 is 5.91 Å². The standard InChI is InChI=1S/C18H14Cl2N2O/c1-11-7-12(2)17(16(20)8-11)22-18(23)14(10-21)9-13-3-5-15(19)6-4-13/h3-9H,1-2H3,(H,22,23)/b14-9+. The van der Waals surface area contributed by atoms with E-state index in [9.17, 15) is 10.1 Å². The molecule has 2 aromatic rings. The summed E-state index contributed by atoms with van der Waals surface area (Å²) in [4.78, 5) is 12.3. The first-order valence-electron chi connectivity index (χ1n) is 6.86. The van der Waals surface area contributed by atoms with Crippen molar-refractivity contribution in [1.29, 1.82) is 5.26 Å². The van der Waals surface area contributed by atoms with Crippen LogP contribution in [0.5, 0.6) is 0 Å². The van der Waals surface area contributed by atoms with E-state index in [4.69, 9.17) is 23.2 Å². The predicted octanol–water partition coefficient (Wildman–Crippen LogP) is 5.16. The molecule has 0 aromatic heterocycles. The van der Waals surface area contributed by atoms with Gasteiger partial charge in [-0.25, -0.2) is 0 Å². The van der Waals surface area contributed by atoms with E-state index in [1.165, 1.54) is 6.08 Å². The molecule has 0 saturated carbocycles. The van der Waals surface area contributed by atoms with Gasteiger partial charge in [-0.3, -0.25) is 4.79 Å². The smallest absolute Gasteiger partial charge is 0.266 e. The lowest BCUT2D eigenvalue weighted by atomic mass is 10.1. The van der Waals surface area contributed by atoms with Crippen molar-refractivity contribution in [2.45, 2.75) is 13.8 Å². The lowest BCUT2D eigenvalue weighted by molar-refractivity contribution is -0.112. The number of nitriles is 1. The monoisotopic (exact) mass is 344 g/mol. The number of aryl methyl sites for hydroxylation is 2. The Morgan fingerprint density at radius 3 is 2.39 bits per heavy atom. The fraction of sp³-hybridized carbons (Fsp3) is 0.111. The molecule has 1 amide bonds. The van der Waals surface area contributed by atoms with E-state index in [-0.39, 0.29) is 5.57 Å². The zero-order valence-corrected chi connectivity index (χ0v) is 14.2. The van der Waals surface area contributed by atoms with Crippen molar-refractivity contribution in [3.05, 3.63) is 68.7 Å². The second kappa shape index (κ2) is 7.32. The average molecular weight is 345 g/mol. The highest BCUT2D eigenvalue weighted by atomic mass is 35.5. The largest absolute Gasteiger partial charge is 0.320 e. The molecule has 0 aliphatic rings. The molecule has 0 heterocycles.